The number of ether oxygens (including phenoxy) is 1. The van der Waals surface area contributed by atoms with Crippen LogP contribution in [0.25, 0.3) is 0 Å². The Morgan fingerprint density at radius 1 is 1.05 bits per heavy atom. The van der Waals surface area contributed by atoms with Gasteiger partial charge in [0.25, 0.3) is 0 Å². The van der Waals surface area contributed by atoms with E-state index in [-0.39, 0.29) is 23.9 Å². The zero-order chi connectivity index (χ0) is 26.3. The molecule has 1 aromatic heterocycles. The Morgan fingerprint density at radius 2 is 1.76 bits per heavy atom. The molecule has 0 spiro atoms. The summed E-state index contributed by atoms with van der Waals surface area (Å²) < 4.78 is 6.29. The summed E-state index contributed by atoms with van der Waals surface area (Å²) in [6, 6.07) is 13.2. The minimum absolute atomic E-state index is 0.255. The van der Waals surface area contributed by atoms with Gasteiger partial charge in [-0.05, 0) is 48.9 Å². The van der Waals surface area contributed by atoms with Gasteiger partial charge in [0.1, 0.15) is 11.8 Å². The highest BCUT2D eigenvalue weighted by Crippen LogP contribution is 2.51. The number of esters is 1. The van der Waals surface area contributed by atoms with Gasteiger partial charge in [0.05, 0.1) is 23.1 Å². The summed E-state index contributed by atoms with van der Waals surface area (Å²) in [6.45, 7) is 1.69. The second kappa shape index (κ2) is 10.2. The first kappa shape index (κ1) is 25.2. The number of nitrogens with zero attached hydrogens (tertiary/aromatic N) is 1. The van der Waals surface area contributed by atoms with Crippen LogP contribution in [0.3, 0.4) is 0 Å². The first-order valence-electron chi connectivity index (χ1n) is 11.3. The largest absolute Gasteiger partial charge is 0.462 e. The summed E-state index contributed by atoms with van der Waals surface area (Å²) in [5, 5.41) is 5.42. The Morgan fingerprint density at radius 3 is 2.43 bits per heavy atom. The van der Waals surface area contributed by atoms with E-state index in [0.717, 1.165) is 28.7 Å². The van der Waals surface area contributed by atoms with Gasteiger partial charge < -0.3 is 10.1 Å². The van der Waals surface area contributed by atoms with E-state index >= 15 is 0 Å². The van der Waals surface area contributed by atoms with Crippen molar-refractivity contribution in [2.45, 2.75) is 29.7 Å². The van der Waals surface area contributed by atoms with Crippen molar-refractivity contribution in [2.75, 3.05) is 11.9 Å². The van der Waals surface area contributed by atoms with E-state index in [2.05, 4.69) is 10.6 Å². The second-order valence-electron chi connectivity index (χ2n) is 8.42. The van der Waals surface area contributed by atoms with Gasteiger partial charge in [-0.1, -0.05) is 46.8 Å². The third-order valence-electron chi connectivity index (χ3n) is 6.10. The van der Waals surface area contributed by atoms with E-state index in [1.165, 1.54) is 16.7 Å². The van der Waals surface area contributed by atoms with Crippen molar-refractivity contribution < 1.29 is 23.9 Å². The number of rotatable bonds is 6. The van der Waals surface area contributed by atoms with Crippen molar-refractivity contribution in [1.82, 2.24) is 9.88 Å². The molecule has 5 rings (SSSR count). The standard InChI is InChI=1S/C25H20ClN3O6S2/c1-2-35-24(33)13-5-9-15(10-6-13)27-16(30)11-29-23-20(37-25(29)34)17(12-3-7-14(26)8-4-12)18-19(36-23)22(32)28-21(18)31/h3-10,17-19H,2,11H2,1H3,(H,27,30)(H,28,31,32). The van der Waals surface area contributed by atoms with Crippen molar-refractivity contribution >= 4 is 64.1 Å². The summed E-state index contributed by atoms with van der Waals surface area (Å²) in [7, 11) is 0. The number of carbonyl (C=O) groups excluding carboxylic acids is 4. The highest BCUT2D eigenvalue weighted by atomic mass is 35.5. The molecule has 0 radical (unpaired) electrons. The molecular weight excluding hydrogens is 538 g/mol. The number of amides is 3. The molecule has 3 heterocycles. The van der Waals surface area contributed by atoms with Crippen LogP contribution in [0.5, 0.6) is 0 Å². The number of hydrogen-bond donors (Lipinski definition) is 2. The Hall–Kier alpha value is -3.41. The van der Waals surface area contributed by atoms with Crippen LogP contribution in [0.4, 0.5) is 5.69 Å². The van der Waals surface area contributed by atoms with E-state index in [1.54, 1.807) is 43.3 Å². The van der Waals surface area contributed by atoms with E-state index in [0.29, 0.717) is 26.2 Å². The number of imide groups is 1. The smallest absolute Gasteiger partial charge is 0.338 e. The molecule has 2 aromatic carbocycles. The molecule has 37 heavy (non-hydrogen) atoms. The molecule has 12 heteroatoms. The normalized spacial score (nSPS) is 20.1. The van der Waals surface area contributed by atoms with Crippen molar-refractivity contribution in [1.29, 1.82) is 0 Å². The average Bonchev–Trinajstić information content (AvgIpc) is 3.33. The number of thioether (sulfide) groups is 1. The minimum Gasteiger partial charge on any atom is -0.462 e. The first-order chi connectivity index (χ1) is 17.8. The van der Waals surface area contributed by atoms with Gasteiger partial charge in [-0.25, -0.2) is 4.79 Å². The third-order valence-corrected chi connectivity index (χ3v) is 8.97. The topological polar surface area (TPSA) is 124 Å². The van der Waals surface area contributed by atoms with Gasteiger partial charge in [0, 0.05) is 21.5 Å². The molecule has 1 saturated heterocycles. The molecule has 2 aliphatic heterocycles. The lowest BCUT2D eigenvalue weighted by Gasteiger charge is -2.30. The SMILES string of the molecule is CCOC(=O)c1ccc(NC(=O)Cn2c3c(sc2=O)C(c2ccc(Cl)cc2)C2C(=O)NC(=O)C2S3)cc1. The monoisotopic (exact) mass is 557 g/mol. The predicted octanol–water partition coefficient (Wildman–Crippen LogP) is 3.26. The number of fused-ring (bicyclic) bond motifs is 2. The van der Waals surface area contributed by atoms with Crippen molar-refractivity contribution in [3.63, 3.8) is 0 Å². The molecule has 0 saturated carbocycles. The lowest BCUT2D eigenvalue weighted by atomic mass is 9.83. The molecule has 3 amide bonds. The van der Waals surface area contributed by atoms with Crippen LogP contribution in [0.15, 0.2) is 58.4 Å². The number of aromatic nitrogens is 1. The van der Waals surface area contributed by atoms with E-state index in [1.807, 2.05) is 0 Å². The van der Waals surface area contributed by atoms with Crippen LogP contribution in [0.2, 0.25) is 5.02 Å². The predicted molar refractivity (Wildman–Crippen MR) is 139 cm³/mol. The number of carbonyl (C=O) groups is 4. The van der Waals surface area contributed by atoms with Crippen molar-refractivity contribution in [3.8, 4) is 0 Å². The number of benzene rings is 2. The van der Waals surface area contributed by atoms with Crippen molar-refractivity contribution in [2.24, 2.45) is 5.92 Å². The van der Waals surface area contributed by atoms with Gasteiger partial charge in [-0.3, -0.25) is 29.1 Å². The van der Waals surface area contributed by atoms with Crippen LogP contribution in [0.1, 0.15) is 33.6 Å². The van der Waals surface area contributed by atoms with Crippen LogP contribution >= 0.6 is 34.7 Å². The Bertz CT molecular complexity index is 1470. The fraction of sp³-hybridized carbons (Fsp3) is 0.240. The summed E-state index contributed by atoms with van der Waals surface area (Å²) in [4.78, 5) is 63.3. The van der Waals surface area contributed by atoms with E-state index < -0.39 is 34.9 Å². The van der Waals surface area contributed by atoms with Gasteiger partial charge in [0.2, 0.25) is 17.7 Å². The maximum absolute atomic E-state index is 13.0. The van der Waals surface area contributed by atoms with Gasteiger partial charge in [-0.15, -0.1) is 0 Å². The number of nitrogens with one attached hydrogen (secondary N) is 2. The lowest BCUT2D eigenvalue weighted by molar-refractivity contribution is -0.126. The summed E-state index contributed by atoms with van der Waals surface area (Å²) >= 11 is 8.14. The molecule has 2 aliphatic rings. The second-order valence-corrected chi connectivity index (χ2v) is 11.0. The fourth-order valence-electron chi connectivity index (χ4n) is 4.45. The van der Waals surface area contributed by atoms with Gasteiger partial charge in [-0.2, -0.15) is 0 Å². The first-order valence-corrected chi connectivity index (χ1v) is 13.4. The summed E-state index contributed by atoms with van der Waals surface area (Å²) in [6.07, 6.45) is 0. The number of halogens is 1. The van der Waals surface area contributed by atoms with E-state index in [9.17, 15) is 24.0 Å². The highest BCUT2D eigenvalue weighted by Gasteiger charge is 2.52. The molecule has 190 valence electrons. The maximum atomic E-state index is 13.0. The Kier molecular flexibility index (Phi) is 6.93. The van der Waals surface area contributed by atoms with Crippen LogP contribution in [-0.2, 0) is 25.7 Å². The quantitative estimate of drug-likeness (QED) is 0.352. The van der Waals surface area contributed by atoms with Crippen LogP contribution in [0, 0.1) is 5.92 Å². The molecule has 3 aromatic rings. The molecule has 0 aliphatic carbocycles. The molecule has 3 unspecified atom stereocenters. The molecule has 9 nitrogen and oxygen atoms in total. The van der Waals surface area contributed by atoms with Gasteiger partial charge >= 0.3 is 10.8 Å². The molecular formula is C25H20ClN3O6S2. The number of hydrogen-bond acceptors (Lipinski definition) is 8. The molecule has 2 N–H and O–H groups in total. The fourth-order valence-corrected chi connectivity index (χ4v) is 7.32. The van der Waals surface area contributed by atoms with Crippen LogP contribution in [-0.4, -0.2) is 40.1 Å². The molecule has 0 bridgehead atoms. The molecule has 1 fully saturated rings. The maximum Gasteiger partial charge on any atom is 0.338 e. The zero-order valence-electron chi connectivity index (χ0n) is 19.4. The van der Waals surface area contributed by atoms with E-state index in [4.69, 9.17) is 16.3 Å². The lowest BCUT2D eigenvalue weighted by Crippen LogP contribution is -2.32. The Labute approximate surface area is 224 Å². The summed E-state index contributed by atoms with van der Waals surface area (Å²) in [5.74, 6) is -2.92. The third kappa shape index (κ3) is 4.81. The minimum atomic E-state index is -0.723. The zero-order valence-corrected chi connectivity index (χ0v) is 21.7. The number of anilines is 1. The van der Waals surface area contributed by atoms with Crippen molar-refractivity contribution in [3.05, 3.63) is 79.2 Å². The average molecular weight is 558 g/mol. The Balaban J connectivity index is 1.43. The molecule has 3 atom stereocenters. The van der Waals surface area contributed by atoms with Gasteiger partial charge in [0.15, 0.2) is 0 Å². The van der Waals surface area contributed by atoms with Crippen LogP contribution < -0.4 is 15.5 Å². The highest BCUT2D eigenvalue weighted by molar-refractivity contribution is 8.00. The summed E-state index contributed by atoms with van der Waals surface area (Å²) in [5.41, 5.74) is 1.56. The number of thiazole rings is 1.